The molecular formula is C13H17N3O3S. The van der Waals surface area contributed by atoms with Crippen molar-refractivity contribution >= 4 is 22.0 Å². The molecule has 3 rings (SSSR count). The number of rotatable bonds is 5. The highest BCUT2D eigenvalue weighted by molar-refractivity contribution is 7.90. The molecule has 6 nitrogen and oxygen atoms in total. The molecule has 0 amide bonds. The Morgan fingerprint density at radius 3 is 2.90 bits per heavy atom. The van der Waals surface area contributed by atoms with Crippen molar-refractivity contribution in [3.63, 3.8) is 0 Å². The quantitative estimate of drug-likeness (QED) is 0.818. The number of benzene rings is 1. The van der Waals surface area contributed by atoms with Crippen molar-refractivity contribution in [2.45, 2.75) is 29.9 Å². The molecule has 1 aromatic rings. The zero-order chi connectivity index (χ0) is 14.2. The number of aliphatic hydroxyl groups excluding tert-OH is 1. The molecule has 108 valence electrons. The summed E-state index contributed by atoms with van der Waals surface area (Å²) in [5.74, 6) is 0. The fourth-order valence-electron chi connectivity index (χ4n) is 2.18. The third kappa shape index (κ3) is 2.84. The predicted molar refractivity (Wildman–Crippen MR) is 76.5 cm³/mol. The molecule has 1 aliphatic heterocycles. The van der Waals surface area contributed by atoms with E-state index in [0.717, 1.165) is 0 Å². The average Bonchev–Trinajstić information content (AvgIpc) is 3.24. The van der Waals surface area contributed by atoms with E-state index < -0.39 is 16.1 Å². The molecule has 1 saturated carbocycles. The lowest BCUT2D eigenvalue weighted by atomic mass is 10.2. The highest BCUT2D eigenvalue weighted by atomic mass is 32.2. The Morgan fingerprint density at radius 2 is 2.15 bits per heavy atom. The van der Waals surface area contributed by atoms with Gasteiger partial charge < -0.3 is 15.3 Å². The largest absolute Gasteiger partial charge is 0.390 e. The van der Waals surface area contributed by atoms with Crippen LogP contribution in [-0.2, 0) is 10.0 Å². The summed E-state index contributed by atoms with van der Waals surface area (Å²) < 4.78 is 27.2. The topological polar surface area (TPSA) is 82.0 Å². The molecule has 7 heteroatoms. The minimum Gasteiger partial charge on any atom is -0.390 e. The molecule has 1 aliphatic carbocycles. The van der Waals surface area contributed by atoms with Gasteiger partial charge in [-0.05, 0) is 25.0 Å². The van der Waals surface area contributed by atoms with Crippen LogP contribution in [0, 0.1) is 0 Å². The number of nitrogens with zero attached hydrogens (tertiary/aromatic N) is 2. The maximum absolute atomic E-state index is 11.8. The maximum Gasteiger partial charge on any atom is 0.285 e. The van der Waals surface area contributed by atoms with Gasteiger partial charge in [-0.3, -0.25) is 0 Å². The van der Waals surface area contributed by atoms with Gasteiger partial charge in [-0.25, -0.2) is 0 Å². The van der Waals surface area contributed by atoms with Crippen LogP contribution in [0.15, 0.2) is 33.6 Å². The first-order chi connectivity index (χ1) is 9.56. The number of aliphatic hydroxyl groups is 1. The van der Waals surface area contributed by atoms with Crippen molar-refractivity contribution < 1.29 is 13.5 Å². The summed E-state index contributed by atoms with van der Waals surface area (Å²) >= 11 is 0. The van der Waals surface area contributed by atoms with E-state index in [0.29, 0.717) is 24.8 Å². The van der Waals surface area contributed by atoms with Crippen molar-refractivity contribution in [2.24, 2.45) is 4.40 Å². The summed E-state index contributed by atoms with van der Waals surface area (Å²) in [7, 11) is -3.60. The summed E-state index contributed by atoms with van der Waals surface area (Å²) in [5, 5.41) is 13.3. The Labute approximate surface area is 118 Å². The SMILES string of the molecule is O=S1(=O)N=CN(CC(O)CNC2CC2)c2ccccc21. The second-order valence-corrected chi connectivity index (χ2v) is 6.75. The molecule has 1 unspecified atom stereocenters. The summed E-state index contributed by atoms with van der Waals surface area (Å²) in [6, 6.07) is 7.23. The first-order valence-corrected chi connectivity index (χ1v) is 8.08. The van der Waals surface area contributed by atoms with Crippen LogP contribution in [0.3, 0.4) is 0 Å². The number of nitrogens with one attached hydrogen (secondary N) is 1. The van der Waals surface area contributed by atoms with Crippen molar-refractivity contribution in [1.82, 2.24) is 5.32 Å². The highest BCUT2D eigenvalue weighted by Gasteiger charge is 2.26. The standard InChI is InChI=1S/C13H17N3O3S/c17-11(7-14-10-5-6-10)8-16-9-15-20(18,19)13-4-2-1-3-12(13)16/h1-4,9-11,14,17H,5-8H2. The molecule has 0 aromatic heterocycles. The first kappa shape index (κ1) is 13.5. The van der Waals surface area contributed by atoms with Crippen molar-refractivity contribution in [3.05, 3.63) is 24.3 Å². The normalized spacial score (nSPS) is 21.6. The molecule has 20 heavy (non-hydrogen) atoms. The first-order valence-electron chi connectivity index (χ1n) is 6.64. The van der Waals surface area contributed by atoms with Gasteiger partial charge >= 0.3 is 0 Å². The Morgan fingerprint density at radius 1 is 1.40 bits per heavy atom. The van der Waals surface area contributed by atoms with Gasteiger partial charge in [0.15, 0.2) is 0 Å². The van der Waals surface area contributed by atoms with E-state index in [9.17, 15) is 13.5 Å². The van der Waals surface area contributed by atoms with Gasteiger partial charge in [-0.15, -0.1) is 4.40 Å². The third-order valence-electron chi connectivity index (χ3n) is 3.40. The zero-order valence-electron chi connectivity index (χ0n) is 10.9. The van der Waals surface area contributed by atoms with Gasteiger partial charge in [-0.1, -0.05) is 12.1 Å². The van der Waals surface area contributed by atoms with Crippen LogP contribution < -0.4 is 10.2 Å². The number of sulfonamides is 1. The number of para-hydroxylation sites is 1. The molecule has 0 saturated heterocycles. The van der Waals surface area contributed by atoms with Crippen LogP contribution in [0.25, 0.3) is 0 Å². The number of hydrogen-bond donors (Lipinski definition) is 2. The van der Waals surface area contributed by atoms with E-state index in [1.165, 1.54) is 25.2 Å². The molecule has 0 radical (unpaired) electrons. The lowest BCUT2D eigenvalue weighted by molar-refractivity contribution is 0.179. The summed E-state index contributed by atoms with van der Waals surface area (Å²) in [6.07, 6.45) is 3.03. The van der Waals surface area contributed by atoms with Gasteiger partial charge in [0.1, 0.15) is 11.2 Å². The lowest BCUT2D eigenvalue weighted by Gasteiger charge is -2.27. The van der Waals surface area contributed by atoms with Crippen LogP contribution in [0.1, 0.15) is 12.8 Å². The van der Waals surface area contributed by atoms with Crippen LogP contribution in [0.2, 0.25) is 0 Å². The minimum absolute atomic E-state index is 0.185. The Hall–Kier alpha value is -1.44. The van der Waals surface area contributed by atoms with Gasteiger partial charge in [0.25, 0.3) is 10.0 Å². The number of anilines is 1. The van der Waals surface area contributed by atoms with Crippen LogP contribution in [0.4, 0.5) is 5.69 Å². The summed E-state index contributed by atoms with van der Waals surface area (Å²) in [5.41, 5.74) is 0.563. The second-order valence-electron chi connectivity index (χ2n) is 5.15. The molecule has 1 atom stereocenters. The van der Waals surface area contributed by atoms with Gasteiger partial charge in [0, 0.05) is 12.6 Å². The molecule has 1 heterocycles. The van der Waals surface area contributed by atoms with Gasteiger partial charge in [0.05, 0.1) is 18.3 Å². The smallest absolute Gasteiger partial charge is 0.285 e. The molecule has 1 fully saturated rings. The van der Waals surface area contributed by atoms with E-state index in [2.05, 4.69) is 9.71 Å². The Bertz CT molecular complexity index is 626. The van der Waals surface area contributed by atoms with E-state index in [4.69, 9.17) is 0 Å². The summed E-state index contributed by atoms with van der Waals surface area (Å²) in [4.78, 5) is 1.86. The van der Waals surface area contributed by atoms with Crippen molar-refractivity contribution in [1.29, 1.82) is 0 Å². The molecule has 0 spiro atoms. The lowest BCUT2D eigenvalue weighted by Crippen LogP contribution is -2.40. The Kier molecular flexibility index (Phi) is 3.49. The zero-order valence-corrected chi connectivity index (χ0v) is 11.8. The number of fused-ring (bicyclic) bond motifs is 1. The third-order valence-corrected chi connectivity index (χ3v) is 4.68. The summed E-state index contributed by atoms with van der Waals surface area (Å²) in [6.45, 7) is 0.819. The molecule has 1 aromatic carbocycles. The predicted octanol–water partition coefficient (Wildman–Crippen LogP) is 0.336. The van der Waals surface area contributed by atoms with Crippen molar-refractivity contribution in [2.75, 3.05) is 18.0 Å². The van der Waals surface area contributed by atoms with E-state index in [1.807, 2.05) is 0 Å². The molecular weight excluding hydrogens is 278 g/mol. The van der Waals surface area contributed by atoms with Gasteiger partial charge in [0.2, 0.25) is 0 Å². The monoisotopic (exact) mass is 295 g/mol. The maximum atomic E-state index is 11.8. The van der Waals surface area contributed by atoms with Gasteiger partial charge in [-0.2, -0.15) is 8.42 Å². The van der Waals surface area contributed by atoms with E-state index in [1.54, 1.807) is 23.1 Å². The minimum atomic E-state index is -3.60. The van der Waals surface area contributed by atoms with Crippen molar-refractivity contribution in [3.8, 4) is 0 Å². The van der Waals surface area contributed by atoms with E-state index >= 15 is 0 Å². The Balaban J connectivity index is 1.73. The average molecular weight is 295 g/mol. The molecule has 0 bridgehead atoms. The van der Waals surface area contributed by atoms with Crippen LogP contribution >= 0.6 is 0 Å². The number of hydrogen-bond acceptors (Lipinski definition) is 5. The van der Waals surface area contributed by atoms with Crippen LogP contribution in [-0.4, -0.2) is 45.1 Å². The van der Waals surface area contributed by atoms with Crippen LogP contribution in [0.5, 0.6) is 0 Å². The van der Waals surface area contributed by atoms with E-state index in [-0.39, 0.29) is 4.90 Å². The fourth-order valence-corrected chi connectivity index (χ4v) is 3.23. The number of β-amino-alcohol motifs (C(OH)–C–C–N with tert-alkyl or cyclic N) is 1. The highest BCUT2D eigenvalue weighted by Crippen LogP contribution is 2.29. The molecule has 2 N–H and O–H groups in total. The second kappa shape index (κ2) is 5.16. The molecule has 2 aliphatic rings. The fraction of sp³-hybridized carbons (Fsp3) is 0.462.